The van der Waals surface area contributed by atoms with Crippen molar-refractivity contribution < 1.29 is 14.6 Å². The van der Waals surface area contributed by atoms with Gasteiger partial charge in [-0.15, -0.1) is 0 Å². The predicted octanol–water partition coefficient (Wildman–Crippen LogP) is 2.54. The Morgan fingerprint density at radius 2 is 2.40 bits per heavy atom. The average molecular weight is 227 g/mol. The van der Waals surface area contributed by atoms with Crippen molar-refractivity contribution in [3.05, 3.63) is 28.8 Å². The molecular weight excluding hydrogens is 216 g/mol. The second-order valence-electron chi connectivity index (χ2n) is 3.73. The van der Waals surface area contributed by atoms with Gasteiger partial charge in [0.15, 0.2) is 0 Å². The minimum absolute atomic E-state index is 0.0743. The summed E-state index contributed by atoms with van der Waals surface area (Å²) in [6.07, 6.45) is 0. The van der Waals surface area contributed by atoms with Crippen LogP contribution in [-0.4, -0.2) is 17.7 Å². The molecule has 1 heterocycles. The van der Waals surface area contributed by atoms with E-state index in [2.05, 4.69) is 0 Å². The maximum absolute atomic E-state index is 10.9. The van der Waals surface area contributed by atoms with Crippen molar-refractivity contribution in [1.82, 2.24) is 0 Å². The third kappa shape index (κ3) is 1.79. The van der Waals surface area contributed by atoms with Crippen LogP contribution < -0.4 is 4.74 Å². The number of hydrogen-bond donors (Lipinski definition) is 1. The highest BCUT2D eigenvalue weighted by molar-refractivity contribution is 6.30. The molecule has 3 nitrogen and oxygen atoms in total. The lowest BCUT2D eigenvalue weighted by Crippen LogP contribution is -2.19. The summed E-state index contributed by atoms with van der Waals surface area (Å²) in [7, 11) is 0. The highest BCUT2D eigenvalue weighted by Gasteiger charge is 2.32. The lowest BCUT2D eigenvalue weighted by Gasteiger charge is -2.13. The van der Waals surface area contributed by atoms with Crippen molar-refractivity contribution in [2.24, 2.45) is 5.92 Å². The summed E-state index contributed by atoms with van der Waals surface area (Å²) in [6, 6.07) is 5.33. The fourth-order valence-corrected chi connectivity index (χ4v) is 1.96. The molecule has 0 bridgehead atoms. The van der Waals surface area contributed by atoms with E-state index in [1.165, 1.54) is 0 Å². The molecular formula is C11H11ClO3. The van der Waals surface area contributed by atoms with Crippen molar-refractivity contribution in [3.8, 4) is 5.75 Å². The summed E-state index contributed by atoms with van der Waals surface area (Å²) >= 11 is 5.82. The maximum atomic E-state index is 10.9. The first-order valence-corrected chi connectivity index (χ1v) is 5.12. The highest BCUT2D eigenvalue weighted by Crippen LogP contribution is 2.39. The van der Waals surface area contributed by atoms with Crippen LogP contribution in [0.1, 0.15) is 18.4 Å². The van der Waals surface area contributed by atoms with Crippen LogP contribution in [0.2, 0.25) is 5.02 Å². The summed E-state index contributed by atoms with van der Waals surface area (Å²) < 4.78 is 5.42. The maximum Gasteiger partial charge on any atom is 0.306 e. The van der Waals surface area contributed by atoms with Gasteiger partial charge >= 0.3 is 5.97 Å². The van der Waals surface area contributed by atoms with E-state index in [1.807, 2.05) is 6.07 Å². The molecule has 0 fully saturated rings. The summed E-state index contributed by atoms with van der Waals surface area (Å²) in [6.45, 7) is 2.11. The van der Waals surface area contributed by atoms with Gasteiger partial charge in [0.05, 0.1) is 12.5 Å². The first-order valence-electron chi connectivity index (χ1n) is 4.74. The normalized spacial score (nSPS) is 20.5. The lowest BCUT2D eigenvalue weighted by atomic mass is 9.89. The van der Waals surface area contributed by atoms with E-state index >= 15 is 0 Å². The van der Waals surface area contributed by atoms with E-state index in [0.717, 1.165) is 5.56 Å². The summed E-state index contributed by atoms with van der Waals surface area (Å²) in [5, 5.41) is 9.55. The third-order valence-corrected chi connectivity index (χ3v) is 3.02. The van der Waals surface area contributed by atoms with Gasteiger partial charge in [-0.1, -0.05) is 24.6 Å². The summed E-state index contributed by atoms with van der Waals surface area (Å²) in [5.74, 6) is -0.603. The van der Waals surface area contributed by atoms with Crippen LogP contribution in [0.15, 0.2) is 18.2 Å². The SMILES string of the molecule is CC(C(=O)O)C1COc2cc(Cl)ccc21. The van der Waals surface area contributed by atoms with Crippen LogP contribution in [0.4, 0.5) is 0 Å². The molecule has 4 heteroatoms. The van der Waals surface area contributed by atoms with E-state index in [0.29, 0.717) is 17.4 Å². The number of carboxylic acid groups (broad SMARTS) is 1. The number of fused-ring (bicyclic) bond motifs is 1. The molecule has 1 aliphatic heterocycles. The van der Waals surface area contributed by atoms with E-state index in [1.54, 1.807) is 19.1 Å². The van der Waals surface area contributed by atoms with E-state index < -0.39 is 11.9 Å². The van der Waals surface area contributed by atoms with Crippen molar-refractivity contribution in [2.75, 3.05) is 6.61 Å². The standard InChI is InChI=1S/C11H11ClO3/c1-6(11(13)14)9-5-15-10-4-7(12)2-3-8(9)10/h2-4,6,9H,5H2,1H3,(H,13,14). The minimum Gasteiger partial charge on any atom is -0.493 e. The number of benzene rings is 1. The second-order valence-corrected chi connectivity index (χ2v) is 4.16. The molecule has 1 N–H and O–H groups in total. The number of carboxylic acids is 1. The van der Waals surface area contributed by atoms with Gasteiger partial charge in [0.25, 0.3) is 0 Å². The molecule has 2 rings (SSSR count). The monoisotopic (exact) mass is 226 g/mol. The number of aliphatic carboxylic acids is 1. The molecule has 15 heavy (non-hydrogen) atoms. The largest absolute Gasteiger partial charge is 0.493 e. The van der Waals surface area contributed by atoms with Crippen molar-refractivity contribution >= 4 is 17.6 Å². The molecule has 0 saturated carbocycles. The fraction of sp³-hybridized carbons (Fsp3) is 0.364. The molecule has 1 aromatic rings. The van der Waals surface area contributed by atoms with Crippen molar-refractivity contribution in [2.45, 2.75) is 12.8 Å². The van der Waals surface area contributed by atoms with Crippen LogP contribution >= 0.6 is 11.6 Å². The molecule has 2 unspecified atom stereocenters. The summed E-state index contributed by atoms with van der Waals surface area (Å²) in [5.41, 5.74) is 0.939. The number of hydrogen-bond acceptors (Lipinski definition) is 2. The third-order valence-electron chi connectivity index (χ3n) is 2.79. The molecule has 1 aromatic carbocycles. The van der Waals surface area contributed by atoms with Crippen molar-refractivity contribution in [1.29, 1.82) is 0 Å². The molecule has 80 valence electrons. The molecule has 0 amide bonds. The Bertz CT molecular complexity index is 403. The molecule has 0 aliphatic carbocycles. The van der Waals surface area contributed by atoms with Crippen LogP contribution in [0.3, 0.4) is 0 Å². The van der Waals surface area contributed by atoms with Gasteiger partial charge in [0, 0.05) is 16.5 Å². The van der Waals surface area contributed by atoms with Gasteiger partial charge in [-0.05, 0) is 12.1 Å². The Kier molecular flexibility index (Phi) is 2.57. The van der Waals surface area contributed by atoms with Gasteiger partial charge in [-0.2, -0.15) is 0 Å². The van der Waals surface area contributed by atoms with Crippen LogP contribution in [0.5, 0.6) is 5.75 Å². The Morgan fingerprint density at radius 3 is 3.07 bits per heavy atom. The van der Waals surface area contributed by atoms with Crippen molar-refractivity contribution in [3.63, 3.8) is 0 Å². The molecule has 1 aliphatic rings. The van der Waals surface area contributed by atoms with Gasteiger partial charge in [0.1, 0.15) is 5.75 Å². The lowest BCUT2D eigenvalue weighted by molar-refractivity contribution is -0.142. The zero-order chi connectivity index (χ0) is 11.0. The first kappa shape index (κ1) is 10.3. The number of ether oxygens (including phenoxy) is 1. The van der Waals surface area contributed by atoms with E-state index in [4.69, 9.17) is 21.4 Å². The number of carbonyl (C=O) groups is 1. The predicted molar refractivity (Wildman–Crippen MR) is 56.5 cm³/mol. The Labute approximate surface area is 92.6 Å². The van der Waals surface area contributed by atoms with Gasteiger partial charge in [-0.25, -0.2) is 0 Å². The van der Waals surface area contributed by atoms with Crippen LogP contribution in [0, 0.1) is 5.92 Å². The zero-order valence-corrected chi connectivity index (χ0v) is 8.99. The molecule has 0 spiro atoms. The molecule has 2 atom stereocenters. The van der Waals surface area contributed by atoms with Gasteiger partial charge < -0.3 is 9.84 Å². The van der Waals surface area contributed by atoms with Gasteiger partial charge in [0.2, 0.25) is 0 Å². The smallest absolute Gasteiger partial charge is 0.306 e. The number of rotatable bonds is 2. The minimum atomic E-state index is -0.800. The van der Waals surface area contributed by atoms with E-state index in [9.17, 15) is 4.79 Å². The van der Waals surface area contributed by atoms with E-state index in [-0.39, 0.29) is 5.92 Å². The zero-order valence-electron chi connectivity index (χ0n) is 8.24. The summed E-state index contributed by atoms with van der Waals surface area (Å²) in [4.78, 5) is 10.9. The second kappa shape index (κ2) is 3.74. The molecule has 0 aromatic heterocycles. The fourth-order valence-electron chi connectivity index (χ4n) is 1.79. The highest BCUT2D eigenvalue weighted by atomic mass is 35.5. The average Bonchev–Trinajstić information content (AvgIpc) is 2.59. The van der Waals surface area contributed by atoms with Crippen LogP contribution in [-0.2, 0) is 4.79 Å². The Morgan fingerprint density at radius 1 is 1.67 bits per heavy atom. The van der Waals surface area contributed by atoms with Gasteiger partial charge in [-0.3, -0.25) is 4.79 Å². The van der Waals surface area contributed by atoms with Crippen LogP contribution in [0.25, 0.3) is 0 Å². The Balaban J connectivity index is 2.32. The first-order chi connectivity index (χ1) is 7.09. The topological polar surface area (TPSA) is 46.5 Å². The Hall–Kier alpha value is -1.22. The molecule has 0 radical (unpaired) electrons. The molecule has 0 saturated heterocycles. The quantitative estimate of drug-likeness (QED) is 0.843. The number of halogens is 1.